The van der Waals surface area contributed by atoms with Crippen LogP contribution in [0.15, 0.2) is 0 Å². The molecule has 0 rings (SSSR count). The first-order valence-electron chi connectivity index (χ1n) is 6.99. The van der Waals surface area contributed by atoms with Gasteiger partial charge < -0.3 is 4.90 Å². The molecule has 0 N–H and O–H groups in total. The van der Waals surface area contributed by atoms with Crippen molar-refractivity contribution in [1.29, 1.82) is 0 Å². The summed E-state index contributed by atoms with van der Waals surface area (Å²) in [4.78, 5) is 2.40. The third-order valence-electron chi connectivity index (χ3n) is 3.18. The molecule has 0 aliphatic heterocycles. The van der Waals surface area contributed by atoms with E-state index in [1.165, 1.54) is 70.9 Å². The van der Waals surface area contributed by atoms with Gasteiger partial charge in [0.15, 0.2) is 0 Å². The van der Waals surface area contributed by atoms with Gasteiger partial charge in [0.05, 0.1) is 0 Å². The van der Waals surface area contributed by atoms with Crippen molar-refractivity contribution in [1.82, 2.24) is 4.90 Å². The van der Waals surface area contributed by atoms with Crippen LogP contribution in [0.4, 0.5) is 0 Å². The van der Waals surface area contributed by atoms with Gasteiger partial charge in [0, 0.05) is 0 Å². The first-order chi connectivity index (χ1) is 7.31. The Hall–Kier alpha value is 0.250. The van der Waals surface area contributed by atoms with Crippen molar-refractivity contribution in [3.8, 4) is 0 Å². The van der Waals surface area contributed by atoms with Crippen LogP contribution in [0.25, 0.3) is 0 Å². The fourth-order valence-electron chi connectivity index (χ4n) is 1.85. The van der Waals surface area contributed by atoms with Gasteiger partial charge in [-0.1, -0.05) is 65.2 Å². The summed E-state index contributed by atoms with van der Waals surface area (Å²) >= 11 is 0. The molecule has 0 heterocycles. The molecule has 0 aromatic carbocycles. The maximum atomic E-state index is 2.40. The predicted molar refractivity (Wildman–Crippen MR) is 77.6 cm³/mol. The molecule has 0 aromatic heterocycles. The van der Waals surface area contributed by atoms with E-state index in [0.29, 0.717) is 0 Å². The molecule has 0 saturated carbocycles. The molecule has 16 heavy (non-hydrogen) atoms. The van der Waals surface area contributed by atoms with Crippen molar-refractivity contribution in [2.75, 3.05) is 20.1 Å². The molecule has 0 bridgehead atoms. The highest BCUT2D eigenvalue weighted by Gasteiger charge is 1.94. The minimum atomic E-state index is 0. The third-order valence-corrected chi connectivity index (χ3v) is 3.18. The van der Waals surface area contributed by atoms with Crippen LogP contribution in [0.5, 0.6) is 0 Å². The van der Waals surface area contributed by atoms with Crippen molar-refractivity contribution in [3.05, 3.63) is 0 Å². The van der Waals surface area contributed by atoms with E-state index in [2.05, 4.69) is 25.8 Å². The lowest BCUT2D eigenvalue weighted by Gasteiger charge is -2.12. The fourth-order valence-corrected chi connectivity index (χ4v) is 1.85. The second-order valence-corrected chi connectivity index (χ2v) is 4.72. The minimum absolute atomic E-state index is 0. The average Bonchev–Trinajstić information content (AvgIpc) is 2.26. The van der Waals surface area contributed by atoms with E-state index in [0.717, 1.165) is 0 Å². The molecule has 1 nitrogen and oxygen atoms in total. The molecule has 0 spiro atoms. The van der Waals surface area contributed by atoms with E-state index in [4.69, 9.17) is 0 Å². The highest BCUT2D eigenvalue weighted by molar-refractivity contribution is 5.85. The van der Waals surface area contributed by atoms with Crippen LogP contribution in [-0.2, 0) is 0 Å². The number of unbranched alkanes of at least 4 members (excludes halogenated alkanes) is 8. The smallest absolute Gasteiger partial charge is 0.00219 e. The van der Waals surface area contributed by atoms with Gasteiger partial charge in [0.1, 0.15) is 0 Å². The van der Waals surface area contributed by atoms with E-state index in [1.807, 2.05) is 0 Å². The molecule has 0 radical (unpaired) electrons. The Morgan fingerprint density at radius 2 is 1.12 bits per heavy atom. The van der Waals surface area contributed by atoms with Crippen molar-refractivity contribution in [3.63, 3.8) is 0 Å². The van der Waals surface area contributed by atoms with Crippen LogP contribution in [0.2, 0.25) is 0 Å². The molecule has 0 aliphatic carbocycles. The largest absolute Gasteiger partial charge is 0.307 e. The number of rotatable bonds is 11. The van der Waals surface area contributed by atoms with Crippen LogP contribution in [0.3, 0.4) is 0 Å². The molecular formula is C14H32ClN. The first kappa shape index (κ1) is 18.6. The Labute approximate surface area is 109 Å². The maximum Gasteiger partial charge on any atom is -0.00219 e. The molecule has 100 valence electrons. The third kappa shape index (κ3) is 14.2. The van der Waals surface area contributed by atoms with E-state index >= 15 is 0 Å². The van der Waals surface area contributed by atoms with E-state index in [9.17, 15) is 0 Å². The Kier molecular flexibility index (Phi) is 17.7. The molecular weight excluding hydrogens is 218 g/mol. The summed E-state index contributed by atoms with van der Waals surface area (Å²) in [6.45, 7) is 6.99. The Morgan fingerprint density at radius 3 is 1.56 bits per heavy atom. The van der Waals surface area contributed by atoms with Gasteiger partial charge in [0.2, 0.25) is 0 Å². The number of hydrogen-bond donors (Lipinski definition) is 0. The van der Waals surface area contributed by atoms with Gasteiger partial charge in [0.25, 0.3) is 0 Å². The lowest BCUT2D eigenvalue weighted by atomic mass is 10.1. The second-order valence-electron chi connectivity index (χ2n) is 4.72. The molecule has 0 aromatic rings. The molecule has 0 saturated heterocycles. The summed E-state index contributed by atoms with van der Waals surface area (Å²) in [6.07, 6.45) is 12.9. The zero-order chi connectivity index (χ0) is 11.4. The van der Waals surface area contributed by atoms with Crippen LogP contribution in [-0.4, -0.2) is 25.0 Å². The highest BCUT2D eigenvalue weighted by Crippen LogP contribution is 2.09. The molecule has 0 unspecified atom stereocenters. The van der Waals surface area contributed by atoms with Crippen molar-refractivity contribution >= 4 is 12.4 Å². The first-order valence-corrected chi connectivity index (χ1v) is 6.99. The SMILES string of the molecule is CCCCCCCCCCCN(C)CC.Cl. The van der Waals surface area contributed by atoms with E-state index in [1.54, 1.807) is 0 Å². The molecule has 0 amide bonds. The maximum absolute atomic E-state index is 2.40. The van der Waals surface area contributed by atoms with Crippen molar-refractivity contribution in [2.45, 2.75) is 71.6 Å². The van der Waals surface area contributed by atoms with Crippen LogP contribution in [0, 0.1) is 0 Å². The topological polar surface area (TPSA) is 3.24 Å². The van der Waals surface area contributed by atoms with Gasteiger partial charge >= 0.3 is 0 Å². The standard InChI is InChI=1S/C14H31N.ClH/c1-4-6-7-8-9-10-11-12-13-14-15(3)5-2;/h4-14H2,1-3H3;1H. The van der Waals surface area contributed by atoms with Crippen molar-refractivity contribution < 1.29 is 0 Å². The number of hydrogen-bond acceptors (Lipinski definition) is 1. The summed E-state index contributed by atoms with van der Waals surface area (Å²) < 4.78 is 0. The Balaban J connectivity index is 0. The Bertz CT molecular complexity index is 117. The summed E-state index contributed by atoms with van der Waals surface area (Å²) in [6, 6.07) is 0. The van der Waals surface area contributed by atoms with Crippen LogP contribution in [0.1, 0.15) is 71.6 Å². The zero-order valence-corrected chi connectivity index (χ0v) is 12.5. The predicted octanol–water partition coefficient (Wildman–Crippen LogP) is 4.89. The fraction of sp³-hybridized carbons (Fsp3) is 1.00. The van der Waals surface area contributed by atoms with E-state index in [-0.39, 0.29) is 12.4 Å². The van der Waals surface area contributed by atoms with E-state index < -0.39 is 0 Å². The quantitative estimate of drug-likeness (QED) is 0.471. The lowest BCUT2D eigenvalue weighted by Crippen LogP contribution is -2.18. The van der Waals surface area contributed by atoms with Crippen LogP contribution < -0.4 is 0 Å². The molecule has 0 aliphatic rings. The highest BCUT2D eigenvalue weighted by atomic mass is 35.5. The lowest BCUT2D eigenvalue weighted by molar-refractivity contribution is 0.340. The van der Waals surface area contributed by atoms with Gasteiger partial charge in [-0.2, -0.15) is 0 Å². The van der Waals surface area contributed by atoms with Gasteiger partial charge in [-0.3, -0.25) is 0 Å². The molecule has 0 fully saturated rings. The molecule has 2 heteroatoms. The van der Waals surface area contributed by atoms with Crippen LogP contribution >= 0.6 is 12.4 Å². The summed E-state index contributed by atoms with van der Waals surface area (Å²) in [5.41, 5.74) is 0. The average molecular weight is 250 g/mol. The minimum Gasteiger partial charge on any atom is -0.307 e. The summed E-state index contributed by atoms with van der Waals surface area (Å²) in [5, 5.41) is 0. The Morgan fingerprint density at radius 1 is 0.688 bits per heavy atom. The second kappa shape index (κ2) is 15.2. The normalized spacial score (nSPS) is 10.5. The molecule has 0 atom stereocenters. The number of nitrogens with zero attached hydrogens (tertiary/aromatic N) is 1. The summed E-state index contributed by atoms with van der Waals surface area (Å²) in [5.74, 6) is 0. The summed E-state index contributed by atoms with van der Waals surface area (Å²) in [7, 11) is 2.21. The van der Waals surface area contributed by atoms with Gasteiger partial charge in [-0.25, -0.2) is 0 Å². The number of halogens is 1. The zero-order valence-electron chi connectivity index (χ0n) is 11.6. The van der Waals surface area contributed by atoms with Gasteiger partial charge in [-0.05, 0) is 26.6 Å². The van der Waals surface area contributed by atoms with Crippen molar-refractivity contribution in [2.24, 2.45) is 0 Å². The van der Waals surface area contributed by atoms with Gasteiger partial charge in [-0.15, -0.1) is 12.4 Å². The monoisotopic (exact) mass is 249 g/mol.